The van der Waals surface area contributed by atoms with Crippen LogP contribution in [0.2, 0.25) is 0 Å². The molecular formula is C16H18F3NO3. The minimum atomic E-state index is -4.57. The van der Waals surface area contributed by atoms with Crippen molar-refractivity contribution in [1.29, 1.82) is 0 Å². The Morgan fingerprint density at radius 1 is 1.39 bits per heavy atom. The quantitative estimate of drug-likeness (QED) is 0.862. The highest BCUT2D eigenvalue weighted by atomic mass is 19.4. The SMILES string of the molecule is C[C@@H](N)COc1cc(C(F)(F)F)cc2c1OC(C)(C)C=C2C=O. The predicted molar refractivity (Wildman–Crippen MR) is 79.3 cm³/mol. The van der Waals surface area contributed by atoms with E-state index in [0.717, 1.165) is 12.1 Å². The van der Waals surface area contributed by atoms with Gasteiger partial charge in [0.1, 0.15) is 12.2 Å². The number of rotatable bonds is 4. The predicted octanol–water partition coefficient (Wildman–Crippen LogP) is 3.18. The molecule has 0 spiro atoms. The smallest absolute Gasteiger partial charge is 0.416 e. The summed E-state index contributed by atoms with van der Waals surface area (Å²) in [4.78, 5) is 11.3. The molecule has 2 rings (SSSR count). The highest BCUT2D eigenvalue weighted by Crippen LogP contribution is 2.45. The number of aldehydes is 1. The Kier molecular flexibility index (Phi) is 4.43. The van der Waals surface area contributed by atoms with E-state index in [0.29, 0.717) is 6.29 Å². The molecule has 4 nitrogen and oxygen atoms in total. The van der Waals surface area contributed by atoms with Gasteiger partial charge in [-0.05, 0) is 39.0 Å². The van der Waals surface area contributed by atoms with Gasteiger partial charge in [0.05, 0.1) is 5.56 Å². The fourth-order valence-electron chi connectivity index (χ4n) is 2.26. The second-order valence-electron chi connectivity index (χ2n) is 6.06. The molecule has 0 amide bonds. The maximum Gasteiger partial charge on any atom is 0.416 e. The van der Waals surface area contributed by atoms with Gasteiger partial charge >= 0.3 is 6.18 Å². The Morgan fingerprint density at radius 3 is 2.57 bits per heavy atom. The molecule has 1 aliphatic rings. The Morgan fingerprint density at radius 2 is 2.04 bits per heavy atom. The van der Waals surface area contributed by atoms with Gasteiger partial charge in [0.25, 0.3) is 0 Å². The zero-order valence-electron chi connectivity index (χ0n) is 13.0. The molecule has 0 unspecified atom stereocenters. The standard InChI is InChI=1S/C16H18F3NO3/c1-9(20)8-22-13-5-11(16(17,18)19)4-12-10(7-21)6-15(2,3)23-14(12)13/h4-7,9H,8,20H2,1-3H3/t9-/m1/s1. The Balaban J connectivity index is 2.62. The number of fused-ring (bicyclic) bond motifs is 1. The number of benzene rings is 1. The van der Waals surface area contributed by atoms with Gasteiger partial charge in [0, 0.05) is 17.2 Å². The fraction of sp³-hybridized carbons (Fsp3) is 0.438. The molecule has 1 aromatic carbocycles. The van der Waals surface area contributed by atoms with Crippen molar-refractivity contribution in [3.05, 3.63) is 29.3 Å². The van der Waals surface area contributed by atoms with Crippen LogP contribution in [0.3, 0.4) is 0 Å². The number of alkyl halides is 3. The van der Waals surface area contributed by atoms with Gasteiger partial charge in [-0.2, -0.15) is 13.2 Å². The maximum absolute atomic E-state index is 13.1. The number of ether oxygens (including phenoxy) is 2. The Bertz CT molecular complexity index is 649. The zero-order chi connectivity index (χ0) is 17.4. The van der Waals surface area contributed by atoms with Crippen molar-refractivity contribution in [2.24, 2.45) is 5.73 Å². The van der Waals surface area contributed by atoms with Crippen molar-refractivity contribution in [3.8, 4) is 11.5 Å². The van der Waals surface area contributed by atoms with Crippen molar-refractivity contribution < 1.29 is 27.4 Å². The van der Waals surface area contributed by atoms with Crippen LogP contribution >= 0.6 is 0 Å². The van der Waals surface area contributed by atoms with Crippen LogP contribution in [0.1, 0.15) is 31.9 Å². The summed E-state index contributed by atoms with van der Waals surface area (Å²) in [5.41, 5.74) is 4.04. The molecular weight excluding hydrogens is 311 g/mol. The monoisotopic (exact) mass is 329 g/mol. The maximum atomic E-state index is 13.1. The second kappa shape index (κ2) is 5.88. The minimum Gasteiger partial charge on any atom is -0.488 e. The van der Waals surface area contributed by atoms with E-state index >= 15 is 0 Å². The summed E-state index contributed by atoms with van der Waals surface area (Å²) in [6.45, 7) is 5.10. The molecule has 23 heavy (non-hydrogen) atoms. The molecule has 0 saturated heterocycles. The highest BCUT2D eigenvalue weighted by molar-refractivity contribution is 6.09. The lowest BCUT2D eigenvalue weighted by Crippen LogP contribution is -2.30. The molecule has 0 aliphatic carbocycles. The van der Waals surface area contributed by atoms with Crippen LogP contribution in [0.15, 0.2) is 18.2 Å². The third-order valence-corrected chi connectivity index (χ3v) is 3.19. The molecule has 1 heterocycles. The van der Waals surface area contributed by atoms with E-state index in [4.69, 9.17) is 15.2 Å². The van der Waals surface area contributed by atoms with E-state index in [9.17, 15) is 18.0 Å². The molecule has 1 atom stereocenters. The lowest BCUT2D eigenvalue weighted by molar-refractivity contribution is -0.137. The fourth-order valence-corrected chi connectivity index (χ4v) is 2.26. The molecule has 0 radical (unpaired) electrons. The average molecular weight is 329 g/mol. The first kappa shape index (κ1) is 17.3. The van der Waals surface area contributed by atoms with Crippen molar-refractivity contribution >= 4 is 11.9 Å². The van der Waals surface area contributed by atoms with Gasteiger partial charge in [-0.1, -0.05) is 0 Å². The normalized spacial score (nSPS) is 17.6. The number of nitrogens with two attached hydrogens (primary N) is 1. The summed E-state index contributed by atoms with van der Waals surface area (Å²) >= 11 is 0. The number of carbonyl (C=O) groups excluding carboxylic acids is 1. The lowest BCUT2D eigenvalue weighted by atomic mass is 9.93. The number of carbonyl (C=O) groups is 1. The summed E-state index contributed by atoms with van der Waals surface area (Å²) < 4.78 is 50.4. The van der Waals surface area contributed by atoms with Gasteiger partial charge < -0.3 is 15.2 Å². The van der Waals surface area contributed by atoms with Crippen LogP contribution in [-0.4, -0.2) is 24.5 Å². The topological polar surface area (TPSA) is 61.6 Å². The molecule has 126 valence electrons. The van der Waals surface area contributed by atoms with Crippen molar-refractivity contribution in [2.75, 3.05) is 6.61 Å². The minimum absolute atomic E-state index is 0.0255. The highest BCUT2D eigenvalue weighted by Gasteiger charge is 2.36. The van der Waals surface area contributed by atoms with Gasteiger partial charge in [-0.3, -0.25) is 4.79 Å². The first-order valence-corrected chi connectivity index (χ1v) is 7.04. The van der Waals surface area contributed by atoms with E-state index in [2.05, 4.69) is 0 Å². The van der Waals surface area contributed by atoms with Crippen LogP contribution in [0, 0.1) is 0 Å². The van der Waals surface area contributed by atoms with Gasteiger partial charge in [0.2, 0.25) is 0 Å². The first-order valence-electron chi connectivity index (χ1n) is 7.04. The lowest BCUT2D eigenvalue weighted by Gasteiger charge is -2.31. The van der Waals surface area contributed by atoms with E-state index in [1.165, 1.54) is 6.08 Å². The van der Waals surface area contributed by atoms with Crippen LogP contribution in [-0.2, 0) is 11.0 Å². The molecule has 7 heteroatoms. The number of halogens is 3. The van der Waals surface area contributed by atoms with Gasteiger partial charge in [-0.15, -0.1) is 0 Å². The summed E-state index contributed by atoms with van der Waals surface area (Å²) in [5, 5.41) is 0. The van der Waals surface area contributed by atoms with Crippen molar-refractivity contribution in [1.82, 2.24) is 0 Å². The third kappa shape index (κ3) is 3.85. The second-order valence-corrected chi connectivity index (χ2v) is 6.06. The third-order valence-electron chi connectivity index (χ3n) is 3.19. The number of allylic oxidation sites excluding steroid dienone is 1. The van der Waals surface area contributed by atoms with Crippen LogP contribution < -0.4 is 15.2 Å². The molecule has 0 fully saturated rings. The molecule has 0 bridgehead atoms. The average Bonchev–Trinajstić information content (AvgIpc) is 2.41. The van der Waals surface area contributed by atoms with Crippen molar-refractivity contribution in [2.45, 2.75) is 38.6 Å². The van der Waals surface area contributed by atoms with Crippen LogP contribution in [0.4, 0.5) is 13.2 Å². The molecule has 1 aromatic rings. The number of hydrogen-bond donors (Lipinski definition) is 1. The summed E-state index contributed by atoms with van der Waals surface area (Å²) in [5.74, 6) is 0.0425. The van der Waals surface area contributed by atoms with E-state index < -0.39 is 17.3 Å². The molecule has 1 aliphatic heterocycles. The van der Waals surface area contributed by atoms with Gasteiger partial charge in [0.15, 0.2) is 17.8 Å². The van der Waals surface area contributed by atoms with E-state index in [-0.39, 0.29) is 35.3 Å². The summed E-state index contributed by atoms with van der Waals surface area (Å²) in [6, 6.07) is 1.40. The molecule has 2 N–H and O–H groups in total. The Labute approximate surface area is 132 Å². The molecule has 0 aromatic heterocycles. The van der Waals surface area contributed by atoms with E-state index in [1.54, 1.807) is 20.8 Å². The summed E-state index contributed by atoms with van der Waals surface area (Å²) in [7, 11) is 0. The Hall–Kier alpha value is -2.02. The zero-order valence-corrected chi connectivity index (χ0v) is 13.0. The first-order chi connectivity index (χ1) is 10.5. The molecule has 0 saturated carbocycles. The van der Waals surface area contributed by atoms with E-state index in [1.807, 2.05) is 0 Å². The number of hydrogen-bond acceptors (Lipinski definition) is 4. The van der Waals surface area contributed by atoms with Gasteiger partial charge in [-0.25, -0.2) is 0 Å². The van der Waals surface area contributed by atoms with Crippen LogP contribution in [0.5, 0.6) is 11.5 Å². The largest absolute Gasteiger partial charge is 0.488 e. The van der Waals surface area contributed by atoms with Crippen molar-refractivity contribution in [3.63, 3.8) is 0 Å². The van der Waals surface area contributed by atoms with Crippen LogP contribution in [0.25, 0.3) is 5.57 Å². The summed E-state index contributed by atoms with van der Waals surface area (Å²) in [6.07, 6.45) is -2.57.